The van der Waals surface area contributed by atoms with E-state index in [2.05, 4.69) is 23.6 Å². The molecule has 6 heteroatoms. The Kier molecular flexibility index (Phi) is 4.73. The monoisotopic (exact) mass is 253 g/mol. The second-order valence-corrected chi connectivity index (χ2v) is 4.88. The number of halogens is 3. The van der Waals surface area contributed by atoms with Crippen LogP contribution >= 0.6 is 11.3 Å². The molecular formula is C10H14F3NOS. The van der Waals surface area contributed by atoms with Crippen molar-refractivity contribution in [1.29, 1.82) is 0 Å². The van der Waals surface area contributed by atoms with Crippen LogP contribution in [0.3, 0.4) is 0 Å². The predicted molar refractivity (Wildman–Crippen MR) is 56.8 cm³/mol. The standard InChI is InChI=1S/C10H14F3NOS/c1-7(2)8-5-14-9(16-8)3-4-15-6-10(11,12)13/h5,7H,3-4,6H2,1-2H3. The summed E-state index contributed by atoms with van der Waals surface area (Å²) in [7, 11) is 0. The molecule has 0 N–H and O–H groups in total. The molecule has 16 heavy (non-hydrogen) atoms. The first-order chi connectivity index (χ1) is 7.38. The average molecular weight is 253 g/mol. The molecule has 0 aliphatic rings. The van der Waals surface area contributed by atoms with E-state index in [9.17, 15) is 13.2 Å². The Morgan fingerprint density at radius 1 is 1.44 bits per heavy atom. The van der Waals surface area contributed by atoms with Gasteiger partial charge in [-0.25, -0.2) is 4.98 Å². The van der Waals surface area contributed by atoms with Crippen molar-refractivity contribution >= 4 is 11.3 Å². The van der Waals surface area contributed by atoms with Crippen LogP contribution in [0.15, 0.2) is 6.20 Å². The van der Waals surface area contributed by atoms with Gasteiger partial charge in [-0.1, -0.05) is 13.8 Å². The van der Waals surface area contributed by atoms with Crippen molar-refractivity contribution in [3.63, 3.8) is 0 Å². The van der Waals surface area contributed by atoms with Crippen LogP contribution in [0.1, 0.15) is 29.7 Å². The number of thiazole rings is 1. The third-order valence-electron chi connectivity index (χ3n) is 1.87. The molecule has 0 atom stereocenters. The fraction of sp³-hybridized carbons (Fsp3) is 0.700. The third kappa shape index (κ3) is 4.94. The van der Waals surface area contributed by atoms with Gasteiger partial charge in [0.1, 0.15) is 6.61 Å². The van der Waals surface area contributed by atoms with Crippen LogP contribution in [0.5, 0.6) is 0 Å². The van der Waals surface area contributed by atoms with Crippen LogP contribution in [-0.4, -0.2) is 24.4 Å². The molecule has 0 saturated heterocycles. The SMILES string of the molecule is CC(C)c1cnc(CCOCC(F)(F)F)s1. The smallest absolute Gasteiger partial charge is 0.372 e. The highest BCUT2D eigenvalue weighted by Gasteiger charge is 2.27. The van der Waals surface area contributed by atoms with Gasteiger partial charge in [0.25, 0.3) is 0 Å². The number of nitrogens with zero attached hydrogens (tertiary/aromatic N) is 1. The minimum atomic E-state index is -4.24. The second kappa shape index (κ2) is 5.63. The quantitative estimate of drug-likeness (QED) is 0.750. The van der Waals surface area contributed by atoms with Gasteiger partial charge in [-0.15, -0.1) is 11.3 Å². The summed E-state index contributed by atoms with van der Waals surface area (Å²) in [6, 6.07) is 0. The molecule has 0 saturated carbocycles. The maximum Gasteiger partial charge on any atom is 0.411 e. The molecule has 0 aliphatic heterocycles. The Morgan fingerprint density at radius 2 is 2.12 bits per heavy atom. The van der Waals surface area contributed by atoms with Crippen LogP contribution < -0.4 is 0 Å². The number of aromatic nitrogens is 1. The summed E-state index contributed by atoms with van der Waals surface area (Å²) < 4.78 is 39.8. The van der Waals surface area contributed by atoms with Gasteiger partial charge in [0.2, 0.25) is 0 Å². The molecule has 0 unspecified atom stereocenters. The van der Waals surface area contributed by atoms with Gasteiger partial charge in [-0.05, 0) is 5.92 Å². The summed E-state index contributed by atoms with van der Waals surface area (Å²) in [4.78, 5) is 5.27. The van der Waals surface area contributed by atoms with Gasteiger partial charge in [-0.2, -0.15) is 13.2 Å². The molecular weight excluding hydrogens is 239 g/mol. The van der Waals surface area contributed by atoms with E-state index in [1.165, 1.54) is 11.3 Å². The zero-order chi connectivity index (χ0) is 12.2. The van der Waals surface area contributed by atoms with Crippen molar-refractivity contribution in [3.05, 3.63) is 16.1 Å². The first kappa shape index (κ1) is 13.4. The van der Waals surface area contributed by atoms with Crippen molar-refractivity contribution in [2.45, 2.75) is 32.4 Å². The highest BCUT2D eigenvalue weighted by molar-refractivity contribution is 7.11. The van der Waals surface area contributed by atoms with E-state index in [4.69, 9.17) is 0 Å². The molecule has 92 valence electrons. The lowest BCUT2D eigenvalue weighted by Crippen LogP contribution is -2.17. The van der Waals surface area contributed by atoms with Gasteiger partial charge in [0.15, 0.2) is 0 Å². The highest BCUT2D eigenvalue weighted by atomic mass is 32.1. The fourth-order valence-electron chi connectivity index (χ4n) is 1.05. The normalized spacial score (nSPS) is 12.4. The van der Waals surface area contributed by atoms with Crippen molar-refractivity contribution in [3.8, 4) is 0 Å². The van der Waals surface area contributed by atoms with Crippen molar-refractivity contribution in [1.82, 2.24) is 4.98 Å². The molecule has 0 fully saturated rings. The van der Waals surface area contributed by atoms with Gasteiger partial charge >= 0.3 is 6.18 Å². The minimum absolute atomic E-state index is 0.0601. The van der Waals surface area contributed by atoms with Crippen LogP contribution in [0, 0.1) is 0 Å². The highest BCUT2D eigenvalue weighted by Crippen LogP contribution is 2.22. The van der Waals surface area contributed by atoms with Gasteiger partial charge in [0, 0.05) is 17.5 Å². The second-order valence-electron chi connectivity index (χ2n) is 3.73. The molecule has 0 bridgehead atoms. The van der Waals surface area contributed by atoms with E-state index in [1.807, 2.05) is 0 Å². The van der Waals surface area contributed by atoms with Gasteiger partial charge in [-0.3, -0.25) is 0 Å². The molecule has 1 heterocycles. The Hall–Kier alpha value is -0.620. The fourth-order valence-corrected chi connectivity index (χ4v) is 1.96. The average Bonchev–Trinajstić information content (AvgIpc) is 2.59. The van der Waals surface area contributed by atoms with E-state index in [0.29, 0.717) is 12.3 Å². The molecule has 0 amide bonds. The molecule has 0 aromatic carbocycles. The van der Waals surface area contributed by atoms with E-state index in [0.717, 1.165) is 9.88 Å². The van der Waals surface area contributed by atoms with Crippen LogP contribution in [-0.2, 0) is 11.2 Å². The molecule has 1 aromatic rings. The Labute approximate surface area is 96.5 Å². The molecule has 1 aromatic heterocycles. The van der Waals surface area contributed by atoms with E-state index < -0.39 is 12.8 Å². The van der Waals surface area contributed by atoms with Crippen molar-refractivity contribution in [2.75, 3.05) is 13.2 Å². The molecule has 0 aliphatic carbocycles. The molecule has 1 rings (SSSR count). The zero-order valence-corrected chi connectivity index (χ0v) is 9.99. The summed E-state index contributed by atoms with van der Waals surface area (Å²) >= 11 is 1.53. The molecule has 0 radical (unpaired) electrons. The number of hydrogen-bond acceptors (Lipinski definition) is 3. The largest absolute Gasteiger partial charge is 0.411 e. The van der Waals surface area contributed by atoms with Gasteiger partial charge in [0.05, 0.1) is 11.6 Å². The lowest BCUT2D eigenvalue weighted by Gasteiger charge is -2.06. The number of hydrogen-bond donors (Lipinski definition) is 0. The lowest BCUT2D eigenvalue weighted by molar-refractivity contribution is -0.173. The predicted octanol–water partition coefficient (Wildman–Crippen LogP) is 3.39. The van der Waals surface area contributed by atoms with Crippen molar-refractivity contribution in [2.24, 2.45) is 0 Å². The summed E-state index contributed by atoms with van der Waals surface area (Å²) in [6.07, 6.45) is -2.03. The summed E-state index contributed by atoms with van der Waals surface area (Å²) in [6.45, 7) is 2.98. The minimum Gasteiger partial charge on any atom is -0.372 e. The van der Waals surface area contributed by atoms with E-state index in [-0.39, 0.29) is 6.61 Å². The number of rotatable bonds is 5. The Balaban J connectivity index is 2.27. The molecule has 0 spiro atoms. The van der Waals surface area contributed by atoms with E-state index >= 15 is 0 Å². The van der Waals surface area contributed by atoms with Gasteiger partial charge < -0.3 is 4.74 Å². The van der Waals surface area contributed by atoms with Crippen LogP contribution in [0.2, 0.25) is 0 Å². The summed E-state index contributed by atoms with van der Waals surface area (Å²) in [5.41, 5.74) is 0. The first-order valence-electron chi connectivity index (χ1n) is 4.97. The third-order valence-corrected chi connectivity index (χ3v) is 3.22. The topological polar surface area (TPSA) is 22.1 Å². The Bertz CT molecular complexity index is 322. The van der Waals surface area contributed by atoms with Crippen LogP contribution in [0.25, 0.3) is 0 Å². The lowest BCUT2D eigenvalue weighted by atomic mass is 10.2. The zero-order valence-electron chi connectivity index (χ0n) is 9.17. The van der Waals surface area contributed by atoms with E-state index in [1.54, 1.807) is 6.20 Å². The Morgan fingerprint density at radius 3 is 2.62 bits per heavy atom. The maximum absolute atomic E-state index is 11.8. The first-order valence-corrected chi connectivity index (χ1v) is 5.79. The molecule has 2 nitrogen and oxygen atoms in total. The number of alkyl halides is 3. The summed E-state index contributed by atoms with van der Waals surface area (Å²) in [5.74, 6) is 0.405. The summed E-state index contributed by atoms with van der Waals surface area (Å²) in [5, 5.41) is 0.825. The van der Waals surface area contributed by atoms with Crippen molar-refractivity contribution < 1.29 is 17.9 Å². The number of ether oxygens (including phenoxy) is 1. The maximum atomic E-state index is 11.8. The van der Waals surface area contributed by atoms with Crippen LogP contribution in [0.4, 0.5) is 13.2 Å².